The first-order valence-electron chi connectivity index (χ1n) is 6.03. The third-order valence-corrected chi connectivity index (χ3v) is 2.97. The number of benzene rings is 2. The van der Waals surface area contributed by atoms with Crippen molar-refractivity contribution < 1.29 is 17.6 Å². The van der Waals surface area contributed by atoms with Gasteiger partial charge in [-0.05, 0) is 35.9 Å². The molecule has 0 unspecified atom stereocenters. The van der Waals surface area contributed by atoms with E-state index < -0.39 is 17.6 Å². The minimum absolute atomic E-state index is 0.432. The predicted octanol–water partition coefficient (Wildman–Crippen LogP) is 4.23. The van der Waals surface area contributed by atoms with Crippen LogP contribution >= 0.6 is 0 Å². The van der Waals surface area contributed by atoms with Crippen LogP contribution in [-0.2, 0) is 12.7 Å². The van der Waals surface area contributed by atoms with Gasteiger partial charge < -0.3 is 5.32 Å². The van der Waals surface area contributed by atoms with E-state index in [-0.39, 0.29) is 0 Å². The number of alkyl halides is 3. The van der Waals surface area contributed by atoms with Gasteiger partial charge in [-0.2, -0.15) is 13.2 Å². The summed E-state index contributed by atoms with van der Waals surface area (Å²) in [6.45, 7) is 0.554. The lowest BCUT2D eigenvalue weighted by atomic mass is 9.98. The molecule has 1 nitrogen and oxygen atoms in total. The molecule has 0 aliphatic heterocycles. The second-order valence-electron chi connectivity index (χ2n) is 4.38. The Morgan fingerprint density at radius 3 is 2.35 bits per heavy atom. The monoisotopic (exact) mass is 283 g/mol. The molecule has 2 aromatic rings. The molecular formula is C15H13F4N. The number of nitrogens with one attached hydrogen (secondary N) is 1. The third kappa shape index (κ3) is 2.99. The van der Waals surface area contributed by atoms with Crippen LogP contribution in [0.25, 0.3) is 11.1 Å². The highest BCUT2D eigenvalue weighted by Gasteiger charge is 2.33. The van der Waals surface area contributed by atoms with Gasteiger partial charge in [0.05, 0.1) is 5.56 Å². The Labute approximate surface area is 114 Å². The van der Waals surface area contributed by atoms with Gasteiger partial charge in [0, 0.05) is 6.54 Å². The maximum atomic E-state index is 13.6. The summed E-state index contributed by atoms with van der Waals surface area (Å²) in [6.07, 6.45) is -4.67. The Hall–Kier alpha value is -1.88. The molecule has 2 rings (SSSR count). The van der Waals surface area contributed by atoms with Gasteiger partial charge in [-0.25, -0.2) is 4.39 Å². The van der Waals surface area contributed by atoms with Crippen LogP contribution in [-0.4, -0.2) is 7.05 Å². The Kier molecular flexibility index (Phi) is 4.09. The van der Waals surface area contributed by atoms with Gasteiger partial charge >= 0.3 is 6.18 Å². The zero-order valence-corrected chi connectivity index (χ0v) is 10.8. The van der Waals surface area contributed by atoms with E-state index in [4.69, 9.17) is 0 Å². The van der Waals surface area contributed by atoms with Crippen molar-refractivity contribution in [3.05, 3.63) is 59.4 Å². The van der Waals surface area contributed by atoms with Crippen LogP contribution in [0.4, 0.5) is 17.6 Å². The van der Waals surface area contributed by atoms with Crippen molar-refractivity contribution >= 4 is 0 Å². The number of hydrogen-bond acceptors (Lipinski definition) is 1. The fourth-order valence-electron chi connectivity index (χ4n) is 2.06. The van der Waals surface area contributed by atoms with Crippen molar-refractivity contribution in [1.82, 2.24) is 5.32 Å². The molecule has 0 fully saturated rings. The predicted molar refractivity (Wildman–Crippen MR) is 69.6 cm³/mol. The van der Waals surface area contributed by atoms with Gasteiger partial charge in [-0.1, -0.05) is 30.3 Å². The van der Waals surface area contributed by atoms with Crippen molar-refractivity contribution in [2.75, 3.05) is 7.05 Å². The molecule has 1 N–H and O–H groups in total. The van der Waals surface area contributed by atoms with Gasteiger partial charge in [-0.3, -0.25) is 0 Å². The summed E-state index contributed by atoms with van der Waals surface area (Å²) in [7, 11) is 1.77. The first-order valence-corrected chi connectivity index (χ1v) is 6.03. The topological polar surface area (TPSA) is 12.0 Å². The zero-order chi connectivity index (χ0) is 14.8. The molecule has 0 saturated carbocycles. The summed E-state index contributed by atoms with van der Waals surface area (Å²) >= 11 is 0. The molecule has 0 saturated heterocycles. The summed E-state index contributed by atoms with van der Waals surface area (Å²) < 4.78 is 51.2. The van der Waals surface area contributed by atoms with Crippen LogP contribution < -0.4 is 5.32 Å². The van der Waals surface area contributed by atoms with E-state index in [2.05, 4.69) is 5.32 Å². The lowest BCUT2D eigenvalue weighted by molar-refractivity contribution is -0.139. The normalized spacial score (nSPS) is 11.7. The van der Waals surface area contributed by atoms with Gasteiger partial charge in [0.1, 0.15) is 5.82 Å². The highest BCUT2D eigenvalue weighted by molar-refractivity contribution is 5.67. The highest BCUT2D eigenvalue weighted by Crippen LogP contribution is 2.34. The maximum absolute atomic E-state index is 13.6. The number of hydrogen-bond donors (Lipinski definition) is 1. The fourth-order valence-corrected chi connectivity index (χ4v) is 2.06. The smallest absolute Gasteiger partial charge is 0.316 e. The highest BCUT2D eigenvalue weighted by atomic mass is 19.4. The van der Waals surface area contributed by atoms with Crippen molar-refractivity contribution in [2.45, 2.75) is 12.7 Å². The molecule has 0 radical (unpaired) electrons. The van der Waals surface area contributed by atoms with Crippen LogP contribution in [0.3, 0.4) is 0 Å². The first-order chi connectivity index (χ1) is 9.43. The Morgan fingerprint density at radius 1 is 1.05 bits per heavy atom. The van der Waals surface area contributed by atoms with E-state index in [0.29, 0.717) is 12.1 Å². The molecule has 5 heteroatoms. The van der Waals surface area contributed by atoms with Crippen LogP contribution in [0.2, 0.25) is 0 Å². The van der Waals surface area contributed by atoms with Crippen molar-refractivity contribution in [3.63, 3.8) is 0 Å². The Balaban J connectivity index is 2.47. The molecular weight excluding hydrogens is 270 g/mol. The lowest BCUT2D eigenvalue weighted by Gasteiger charge is -2.12. The number of rotatable bonds is 3. The maximum Gasteiger partial charge on any atom is 0.419 e. The molecule has 0 spiro atoms. The quantitative estimate of drug-likeness (QED) is 0.831. The SMILES string of the molecule is CNCc1ccccc1-c1ccc(C(F)(F)F)c(F)c1. The van der Waals surface area contributed by atoms with Gasteiger partial charge in [0.25, 0.3) is 0 Å². The largest absolute Gasteiger partial charge is 0.419 e. The zero-order valence-electron chi connectivity index (χ0n) is 10.8. The Bertz CT molecular complexity index is 605. The van der Waals surface area contributed by atoms with E-state index in [9.17, 15) is 17.6 Å². The molecule has 20 heavy (non-hydrogen) atoms. The van der Waals surface area contributed by atoms with E-state index >= 15 is 0 Å². The molecule has 0 aromatic heterocycles. The van der Waals surface area contributed by atoms with Crippen LogP contribution in [0, 0.1) is 5.82 Å². The fraction of sp³-hybridized carbons (Fsp3) is 0.200. The van der Waals surface area contributed by atoms with Gasteiger partial charge in [0.2, 0.25) is 0 Å². The summed E-state index contributed by atoms with van der Waals surface area (Å²) in [4.78, 5) is 0. The second-order valence-corrected chi connectivity index (χ2v) is 4.38. The van der Waals surface area contributed by atoms with E-state index in [1.54, 1.807) is 19.2 Å². The van der Waals surface area contributed by atoms with Crippen LogP contribution in [0.5, 0.6) is 0 Å². The molecule has 0 aliphatic rings. The second kappa shape index (κ2) is 5.63. The molecule has 106 valence electrons. The molecule has 0 amide bonds. The summed E-state index contributed by atoms with van der Waals surface area (Å²) in [5.74, 6) is -1.26. The first kappa shape index (κ1) is 14.5. The average molecular weight is 283 g/mol. The standard InChI is InChI=1S/C15H13F4N/c1-20-9-11-4-2-3-5-12(11)10-6-7-13(14(16)8-10)15(17,18)19/h2-8,20H,9H2,1H3. The van der Waals surface area contributed by atoms with Crippen molar-refractivity contribution in [1.29, 1.82) is 0 Å². The minimum atomic E-state index is -4.67. The molecule has 2 aromatic carbocycles. The molecule has 0 heterocycles. The molecule has 0 aliphatic carbocycles. The Morgan fingerprint density at radius 2 is 1.75 bits per heavy atom. The molecule has 0 bridgehead atoms. The van der Waals surface area contributed by atoms with Crippen LogP contribution in [0.15, 0.2) is 42.5 Å². The summed E-state index contributed by atoms with van der Waals surface area (Å²) in [6, 6.07) is 10.2. The lowest BCUT2D eigenvalue weighted by Crippen LogP contribution is -2.08. The minimum Gasteiger partial charge on any atom is -0.316 e. The summed E-state index contributed by atoms with van der Waals surface area (Å²) in [5.41, 5.74) is 0.803. The van der Waals surface area contributed by atoms with Gasteiger partial charge in [-0.15, -0.1) is 0 Å². The van der Waals surface area contributed by atoms with E-state index in [1.807, 2.05) is 12.1 Å². The summed E-state index contributed by atoms with van der Waals surface area (Å²) in [5, 5.41) is 2.97. The van der Waals surface area contributed by atoms with Crippen molar-refractivity contribution in [3.8, 4) is 11.1 Å². The van der Waals surface area contributed by atoms with Crippen LogP contribution in [0.1, 0.15) is 11.1 Å². The van der Waals surface area contributed by atoms with E-state index in [0.717, 1.165) is 23.3 Å². The van der Waals surface area contributed by atoms with Crippen molar-refractivity contribution in [2.24, 2.45) is 0 Å². The molecule has 0 atom stereocenters. The average Bonchev–Trinajstić information content (AvgIpc) is 2.38. The van der Waals surface area contributed by atoms with E-state index in [1.165, 1.54) is 6.07 Å². The number of halogens is 4. The van der Waals surface area contributed by atoms with Gasteiger partial charge in [0.15, 0.2) is 0 Å². The third-order valence-electron chi connectivity index (χ3n) is 2.97.